The summed E-state index contributed by atoms with van der Waals surface area (Å²) in [5, 5.41) is 5.76. The number of nitrogens with zero attached hydrogens (tertiary/aromatic N) is 2. The predicted octanol–water partition coefficient (Wildman–Crippen LogP) is 2.86. The number of halogens is 1. The van der Waals surface area contributed by atoms with E-state index in [9.17, 15) is 14.0 Å². The quantitative estimate of drug-likeness (QED) is 0.685. The third-order valence-electron chi connectivity index (χ3n) is 4.96. The summed E-state index contributed by atoms with van der Waals surface area (Å²) in [6, 6.07) is 6.23. The number of benzene rings is 1. The molecule has 3 rings (SSSR count). The van der Waals surface area contributed by atoms with Gasteiger partial charge in [0.25, 0.3) is 11.8 Å². The van der Waals surface area contributed by atoms with E-state index < -0.39 is 0 Å². The normalized spacial score (nSPS) is 13.1. The summed E-state index contributed by atoms with van der Waals surface area (Å²) in [6.07, 6.45) is 5.22. The fourth-order valence-electron chi connectivity index (χ4n) is 3.41. The number of nitrogens with one attached hydrogen (secondary N) is 2. The van der Waals surface area contributed by atoms with Gasteiger partial charge in [0, 0.05) is 19.6 Å². The smallest absolute Gasteiger partial charge is 0.287 e. The molecule has 0 aliphatic carbocycles. The zero-order chi connectivity index (χ0) is 19.9. The molecule has 0 spiro atoms. The maximum Gasteiger partial charge on any atom is 0.287 e. The number of aromatic nitrogens is 2. The van der Waals surface area contributed by atoms with Crippen LogP contribution in [0.15, 0.2) is 24.3 Å². The number of amides is 2. The van der Waals surface area contributed by atoms with Gasteiger partial charge < -0.3 is 15.2 Å². The molecular weight excluding hydrogens is 359 g/mol. The Hall–Kier alpha value is -2.70. The van der Waals surface area contributed by atoms with Gasteiger partial charge in [-0.15, -0.1) is 0 Å². The van der Waals surface area contributed by atoms with Crippen LogP contribution in [0.4, 0.5) is 4.39 Å². The van der Waals surface area contributed by atoms with Crippen molar-refractivity contribution in [2.45, 2.75) is 52.0 Å². The van der Waals surface area contributed by atoms with Gasteiger partial charge in [0.05, 0.1) is 5.69 Å². The van der Waals surface area contributed by atoms with E-state index in [4.69, 9.17) is 0 Å². The lowest BCUT2D eigenvalue weighted by Crippen LogP contribution is -2.28. The van der Waals surface area contributed by atoms with Crippen LogP contribution in [0.1, 0.15) is 65.0 Å². The van der Waals surface area contributed by atoms with E-state index in [2.05, 4.69) is 22.5 Å². The fraction of sp³-hybridized carbons (Fsp3) is 0.476. The molecule has 2 heterocycles. The molecule has 28 heavy (non-hydrogen) atoms. The summed E-state index contributed by atoms with van der Waals surface area (Å²) in [5.74, 6) is -0.431. The molecule has 6 nitrogen and oxygen atoms in total. The molecule has 2 amide bonds. The lowest BCUT2D eigenvalue weighted by molar-refractivity contribution is 0.0937. The van der Waals surface area contributed by atoms with Crippen molar-refractivity contribution in [2.24, 2.45) is 0 Å². The first-order valence-corrected chi connectivity index (χ1v) is 10.0. The first-order valence-electron chi connectivity index (χ1n) is 10.0. The number of unbranched alkanes of at least 4 members (excludes halogenated alkanes) is 1. The molecule has 0 unspecified atom stereocenters. The van der Waals surface area contributed by atoms with Crippen LogP contribution in [0, 0.1) is 5.82 Å². The van der Waals surface area contributed by atoms with Crippen LogP contribution in [0.2, 0.25) is 0 Å². The largest absolute Gasteiger partial charge is 0.350 e. The Labute approximate surface area is 164 Å². The van der Waals surface area contributed by atoms with Crippen LogP contribution in [-0.4, -0.2) is 34.5 Å². The van der Waals surface area contributed by atoms with Crippen molar-refractivity contribution in [2.75, 3.05) is 13.1 Å². The predicted molar refractivity (Wildman–Crippen MR) is 105 cm³/mol. The van der Waals surface area contributed by atoms with Crippen LogP contribution in [0.5, 0.6) is 0 Å². The van der Waals surface area contributed by atoms with E-state index in [0.29, 0.717) is 37.6 Å². The lowest BCUT2D eigenvalue weighted by atomic mass is 10.1. The van der Waals surface area contributed by atoms with Gasteiger partial charge in [-0.1, -0.05) is 25.5 Å². The van der Waals surface area contributed by atoms with Crippen LogP contribution in [0.25, 0.3) is 0 Å². The van der Waals surface area contributed by atoms with Gasteiger partial charge in [-0.3, -0.25) is 9.59 Å². The Morgan fingerprint density at radius 2 is 1.86 bits per heavy atom. The Kier molecular flexibility index (Phi) is 6.79. The number of rotatable bonds is 8. The molecule has 1 aromatic heterocycles. The van der Waals surface area contributed by atoms with Gasteiger partial charge in [-0.25, -0.2) is 9.37 Å². The second-order valence-corrected chi connectivity index (χ2v) is 7.08. The average molecular weight is 386 g/mol. The molecule has 0 fully saturated rings. The van der Waals surface area contributed by atoms with Crippen molar-refractivity contribution >= 4 is 11.8 Å². The molecular formula is C21H27FN4O2. The highest BCUT2D eigenvalue weighted by Crippen LogP contribution is 2.21. The van der Waals surface area contributed by atoms with Gasteiger partial charge in [0.15, 0.2) is 5.82 Å². The minimum Gasteiger partial charge on any atom is -0.350 e. The molecule has 7 heteroatoms. The first kappa shape index (κ1) is 20.0. The SMILES string of the molecule is CCCCNC(=O)c1nc(C(=O)NCCc2ccc(F)cc2)c2n1CCCC2. The second kappa shape index (κ2) is 9.48. The summed E-state index contributed by atoms with van der Waals surface area (Å²) < 4.78 is 14.9. The summed E-state index contributed by atoms with van der Waals surface area (Å²) in [4.78, 5) is 29.6. The van der Waals surface area contributed by atoms with Crippen molar-refractivity contribution in [3.63, 3.8) is 0 Å². The van der Waals surface area contributed by atoms with Gasteiger partial charge in [0.2, 0.25) is 0 Å². The van der Waals surface area contributed by atoms with Crippen molar-refractivity contribution in [1.82, 2.24) is 20.2 Å². The zero-order valence-corrected chi connectivity index (χ0v) is 16.3. The molecule has 0 atom stereocenters. The average Bonchev–Trinajstić information content (AvgIpc) is 3.09. The standard InChI is InChI=1S/C21H27FN4O2/c1-2-3-12-23-21(28)19-25-18(17-6-4-5-14-26(17)19)20(27)24-13-11-15-7-9-16(22)10-8-15/h7-10H,2-6,11-14H2,1H3,(H,23,28)(H,24,27). The van der Waals surface area contributed by atoms with Gasteiger partial charge in [0.1, 0.15) is 11.5 Å². The molecule has 1 aromatic carbocycles. The number of carbonyl (C=O) groups is 2. The lowest BCUT2D eigenvalue weighted by Gasteiger charge is -2.17. The van der Waals surface area contributed by atoms with E-state index >= 15 is 0 Å². The highest BCUT2D eigenvalue weighted by Gasteiger charge is 2.27. The molecule has 2 N–H and O–H groups in total. The summed E-state index contributed by atoms with van der Waals surface area (Å²) >= 11 is 0. The van der Waals surface area contributed by atoms with Crippen molar-refractivity contribution in [3.8, 4) is 0 Å². The monoisotopic (exact) mass is 386 g/mol. The van der Waals surface area contributed by atoms with Crippen LogP contribution >= 0.6 is 0 Å². The topological polar surface area (TPSA) is 76.0 Å². The van der Waals surface area contributed by atoms with Crippen LogP contribution in [-0.2, 0) is 19.4 Å². The highest BCUT2D eigenvalue weighted by molar-refractivity contribution is 5.97. The van der Waals surface area contributed by atoms with Gasteiger partial charge in [-0.05, 0) is 49.8 Å². The van der Waals surface area contributed by atoms with E-state index in [0.717, 1.165) is 43.4 Å². The molecule has 1 aliphatic heterocycles. The Balaban J connectivity index is 1.67. The molecule has 0 radical (unpaired) electrons. The van der Waals surface area contributed by atoms with E-state index in [-0.39, 0.29) is 17.6 Å². The summed E-state index contributed by atoms with van der Waals surface area (Å²) in [7, 11) is 0. The van der Waals surface area contributed by atoms with Gasteiger partial charge >= 0.3 is 0 Å². The maximum atomic E-state index is 13.0. The Morgan fingerprint density at radius 1 is 1.11 bits per heavy atom. The molecule has 0 saturated carbocycles. The number of carbonyl (C=O) groups excluding carboxylic acids is 2. The summed E-state index contributed by atoms with van der Waals surface area (Å²) in [5.41, 5.74) is 2.13. The number of hydrogen-bond acceptors (Lipinski definition) is 3. The Morgan fingerprint density at radius 3 is 2.61 bits per heavy atom. The molecule has 2 aromatic rings. The van der Waals surface area contributed by atoms with E-state index in [1.807, 2.05) is 4.57 Å². The molecule has 0 bridgehead atoms. The number of imidazole rings is 1. The van der Waals surface area contributed by atoms with Crippen LogP contribution < -0.4 is 10.6 Å². The van der Waals surface area contributed by atoms with E-state index in [1.165, 1.54) is 12.1 Å². The maximum absolute atomic E-state index is 13.0. The van der Waals surface area contributed by atoms with Gasteiger partial charge in [-0.2, -0.15) is 0 Å². The fourth-order valence-corrected chi connectivity index (χ4v) is 3.41. The van der Waals surface area contributed by atoms with Crippen LogP contribution in [0.3, 0.4) is 0 Å². The minimum atomic E-state index is -0.276. The Bertz CT molecular complexity index is 830. The molecule has 150 valence electrons. The van der Waals surface area contributed by atoms with Crippen molar-refractivity contribution in [3.05, 3.63) is 52.9 Å². The third-order valence-corrected chi connectivity index (χ3v) is 4.96. The molecule has 0 saturated heterocycles. The number of hydrogen-bond donors (Lipinski definition) is 2. The second-order valence-electron chi connectivity index (χ2n) is 7.08. The molecule has 1 aliphatic rings. The first-order chi connectivity index (χ1) is 13.6. The van der Waals surface area contributed by atoms with E-state index in [1.54, 1.807) is 12.1 Å². The number of fused-ring (bicyclic) bond motifs is 1. The zero-order valence-electron chi connectivity index (χ0n) is 16.3. The third kappa shape index (κ3) is 4.77. The minimum absolute atomic E-state index is 0.220. The van der Waals surface area contributed by atoms with Crippen molar-refractivity contribution in [1.29, 1.82) is 0 Å². The summed E-state index contributed by atoms with van der Waals surface area (Å²) in [6.45, 7) is 3.81. The highest BCUT2D eigenvalue weighted by atomic mass is 19.1. The van der Waals surface area contributed by atoms with Crippen molar-refractivity contribution < 1.29 is 14.0 Å².